The predicted octanol–water partition coefficient (Wildman–Crippen LogP) is 5.44. The van der Waals surface area contributed by atoms with Gasteiger partial charge in [0.2, 0.25) is 0 Å². The maximum atomic E-state index is 15.4. The Morgan fingerprint density at radius 2 is 1.86 bits per heavy atom. The summed E-state index contributed by atoms with van der Waals surface area (Å²) in [7, 11) is 0. The fourth-order valence-corrected chi connectivity index (χ4v) is 4.74. The van der Waals surface area contributed by atoms with Crippen molar-refractivity contribution in [2.24, 2.45) is 0 Å². The van der Waals surface area contributed by atoms with E-state index in [1.54, 1.807) is 16.7 Å². The van der Waals surface area contributed by atoms with E-state index in [0.717, 1.165) is 18.6 Å². The van der Waals surface area contributed by atoms with Gasteiger partial charge in [0.05, 0.1) is 30.0 Å². The van der Waals surface area contributed by atoms with E-state index in [9.17, 15) is 18.7 Å². The first-order valence-electron chi connectivity index (χ1n) is 13.3. The second-order valence-corrected chi connectivity index (χ2v) is 9.95. The average Bonchev–Trinajstić information content (AvgIpc) is 3.31. The van der Waals surface area contributed by atoms with Crippen molar-refractivity contribution in [1.82, 2.24) is 19.5 Å². The highest BCUT2D eigenvalue weighted by Crippen LogP contribution is 2.28. The van der Waals surface area contributed by atoms with Gasteiger partial charge in [-0.1, -0.05) is 12.1 Å². The molecule has 9 nitrogen and oxygen atoms in total. The third kappa shape index (κ3) is 5.75. The van der Waals surface area contributed by atoms with E-state index in [1.807, 2.05) is 6.07 Å². The zero-order valence-corrected chi connectivity index (χ0v) is 22.4. The Bertz CT molecular complexity index is 1920. The van der Waals surface area contributed by atoms with Gasteiger partial charge in [-0.05, 0) is 60.5 Å². The number of hydrogen-bond donors (Lipinski definition) is 1. The number of aromatic carboxylic acids is 1. The van der Waals surface area contributed by atoms with E-state index in [4.69, 9.17) is 14.7 Å². The fourth-order valence-electron chi connectivity index (χ4n) is 4.74. The lowest BCUT2D eigenvalue weighted by Crippen LogP contribution is -2.32. The molecule has 0 unspecified atom stereocenters. The number of benzene rings is 2. The third-order valence-corrected chi connectivity index (χ3v) is 7.10. The zero-order chi connectivity index (χ0) is 30.1. The number of rotatable bonds is 9. The number of nitriles is 1. The van der Waals surface area contributed by atoms with Gasteiger partial charge in [0.1, 0.15) is 29.6 Å². The first-order valence-corrected chi connectivity index (χ1v) is 13.3. The Morgan fingerprint density at radius 3 is 2.56 bits per heavy atom. The van der Waals surface area contributed by atoms with Gasteiger partial charge in [-0.3, -0.25) is 0 Å². The Balaban J connectivity index is 1.25. The van der Waals surface area contributed by atoms with Crippen molar-refractivity contribution in [2.75, 3.05) is 6.61 Å². The molecule has 43 heavy (non-hydrogen) atoms. The summed E-state index contributed by atoms with van der Waals surface area (Å²) < 4.78 is 56.8. The molecular weight excluding hydrogens is 563 g/mol. The fraction of sp³-hybridized carbons (Fsp3) is 0.194. The molecule has 1 aliphatic heterocycles. The smallest absolute Gasteiger partial charge is 0.354 e. The van der Waals surface area contributed by atoms with E-state index in [-0.39, 0.29) is 47.2 Å². The van der Waals surface area contributed by atoms with E-state index < -0.39 is 29.3 Å². The number of aromatic nitrogens is 4. The summed E-state index contributed by atoms with van der Waals surface area (Å²) in [6.45, 7) is 0.725. The van der Waals surface area contributed by atoms with Gasteiger partial charge in [0, 0.05) is 24.2 Å². The highest BCUT2D eigenvalue weighted by atomic mass is 19.1. The van der Waals surface area contributed by atoms with Crippen LogP contribution < -0.4 is 4.74 Å². The lowest BCUT2D eigenvalue weighted by Gasteiger charge is -2.27. The highest BCUT2D eigenvalue weighted by molar-refractivity contribution is 5.88. The molecule has 1 atom stereocenters. The molecule has 5 aromatic rings. The normalized spacial score (nSPS) is 14.3. The van der Waals surface area contributed by atoms with Crippen molar-refractivity contribution in [1.29, 1.82) is 5.26 Å². The van der Waals surface area contributed by atoms with Crippen molar-refractivity contribution >= 4 is 17.1 Å². The molecule has 1 saturated heterocycles. The van der Waals surface area contributed by atoms with Crippen LogP contribution in [0.15, 0.2) is 60.7 Å². The maximum Gasteiger partial charge on any atom is 0.354 e. The standard InChI is InChI=1S/C31H22F3N5O4/c32-22-5-6-25(38-30(22)43-16-19-3-1-18(14-35)12-23(19)33)21-4-2-17(11-24(21)34)13-28-36-26-7-8-27(31(40)41)37-29(26)39(28)15-20-9-10-42-20/h1-8,11-12,20H,9-10,13,15-16H2,(H,40,41)/t20-/m0/s1. The quantitative estimate of drug-likeness (QED) is 0.243. The molecule has 1 N–H and O–H groups in total. The van der Waals surface area contributed by atoms with Crippen molar-refractivity contribution in [2.45, 2.75) is 32.1 Å². The largest absolute Gasteiger partial charge is 0.477 e. The summed E-state index contributed by atoms with van der Waals surface area (Å²) >= 11 is 0. The zero-order valence-electron chi connectivity index (χ0n) is 22.4. The monoisotopic (exact) mass is 585 g/mol. The number of carbonyl (C=O) groups is 1. The molecule has 0 bridgehead atoms. The third-order valence-electron chi connectivity index (χ3n) is 7.10. The molecule has 1 aliphatic rings. The molecule has 1 fully saturated rings. The molecule has 6 rings (SSSR count). The van der Waals surface area contributed by atoms with Crippen molar-refractivity contribution < 1.29 is 32.5 Å². The average molecular weight is 586 g/mol. The summed E-state index contributed by atoms with van der Waals surface area (Å²) in [6, 6.07) is 15.6. The van der Waals surface area contributed by atoms with E-state index >= 15 is 4.39 Å². The molecule has 0 aliphatic carbocycles. The Hall–Kier alpha value is -5.28. The molecule has 216 valence electrons. The number of hydrogen-bond acceptors (Lipinski definition) is 7. The van der Waals surface area contributed by atoms with Crippen molar-refractivity contribution in [3.8, 4) is 23.2 Å². The molecule has 12 heteroatoms. The van der Waals surface area contributed by atoms with E-state index in [1.165, 1.54) is 36.4 Å². The maximum absolute atomic E-state index is 15.4. The summed E-state index contributed by atoms with van der Waals surface area (Å²) in [4.78, 5) is 24.5. The van der Waals surface area contributed by atoms with Crippen LogP contribution in [0.1, 0.15) is 39.4 Å². The number of halogens is 3. The molecular formula is C31H22F3N5O4. The number of ether oxygens (including phenoxy) is 2. The van der Waals surface area contributed by atoms with Crippen LogP contribution in [-0.2, 0) is 24.3 Å². The summed E-state index contributed by atoms with van der Waals surface area (Å²) in [5, 5.41) is 18.3. The molecule has 3 aromatic heterocycles. The number of imidazole rings is 1. The topological polar surface area (TPSA) is 123 Å². The number of carboxylic acids is 1. The van der Waals surface area contributed by atoms with Crippen molar-refractivity contribution in [3.63, 3.8) is 0 Å². The van der Waals surface area contributed by atoms with Gasteiger partial charge in [-0.25, -0.2) is 32.9 Å². The summed E-state index contributed by atoms with van der Waals surface area (Å²) in [6.07, 6.45) is 1.02. The molecule has 2 aromatic carbocycles. The lowest BCUT2D eigenvalue weighted by molar-refractivity contribution is -0.0590. The van der Waals surface area contributed by atoms with Crippen LogP contribution in [0.3, 0.4) is 0 Å². The minimum Gasteiger partial charge on any atom is -0.477 e. The molecule has 0 amide bonds. The van der Waals surface area contributed by atoms with Crippen LogP contribution >= 0.6 is 0 Å². The number of carboxylic acid groups (broad SMARTS) is 1. The first-order chi connectivity index (χ1) is 20.8. The second-order valence-electron chi connectivity index (χ2n) is 9.95. The van der Waals surface area contributed by atoms with Crippen LogP contribution in [0, 0.1) is 28.8 Å². The van der Waals surface area contributed by atoms with Crippen LogP contribution in [0.4, 0.5) is 13.2 Å². The minimum atomic E-state index is -1.15. The molecule has 0 spiro atoms. The summed E-state index contributed by atoms with van der Waals surface area (Å²) in [5.41, 5.74) is 1.85. The van der Waals surface area contributed by atoms with Gasteiger partial charge in [-0.15, -0.1) is 0 Å². The van der Waals surface area contributed by atoms with Gasteiger partial charge in [-0.2, -0.15) is 5.26 Å². The Morgan fingerprint density at radius 1 is 1.02 bits per heavy atom. The Labute approximate surface area is 242 Å². The van der Waals surface area contributed by atoms with Crippen LogP contribution in [-0.4, -0.2) is 43.3 Å². The van der Waals surface area contributed by atoms with Crippen LogP contribution in [0.25, 0.3) is 22.4 Å². The molecule has 0 radical (unpaired) electrons. The van der Waals surface area contributed by atoms with Crippen LogP contribution in [0.2, 0.25) is 0 Å². The highest BCUT2D eigenvalue weighted by Gasteiger charge is 2.23. The SMILES string of the molecule is N#Cc1ccc(COc2nc(-c3ccc(Cc4nc5ccc(C(=O)O)nc5n4C[C@@H]4CCO4)cc3F)ccc2F)c(F)c1. The van der Waals surface area contributed by atoms with E-state index in [2.05, 4.69) is 15.0 Å². The van der Waals surface area contributed by atoms with Gasteiger partial charge in [0.15, 0.2) is 17.2 Å². The van der Waals surface area contributed by atoms with Gasteiger partial charge >= 0.3 is 5.97 Å². The molecule has 4 heterocycles. The summed E-state index contributed by atoms with van der Waals surface area (Å²) in [5.74, 6) is -3.11. The van der Waals surface area contributed by atoms with Crippen LogP contribution in [0.5, 0.6) is 5.88 Å². The number of fused-ring (bicyclic) bond motifs is 1. The predicted molar refractivity (Wildman–Crippen MR) is 147 cm³/mol. The molecule has 0 saturated carbocycles. The van der Waals surface area contributed by atoms with Gasteiger partial charge < -0.3 is 19.1 Å². The Kier molecular flexibility index (Phi) is 7.48. The second kappa shape index (κ2) is 11.5. The lowest BCUT2D eigenvalue weighted by atomic mass is 10.0. The number of pyridine rings is 2. The van der Waals surface area contributed by atoms with Gasteiger partial charge in [0.25, 0.3) is 5.88 Å². The number of nitrogens with zero attached hydrogens (tertiary/aromatic N) is 5. The first kappa shape index (κ1) is 27.9. The van der Waals surface area contributed by atoms with E-state index in [0.29, 0.717) is 35.7 Å². The van der Waals surface area contributed by atoms with Crippen molar-refractivity contribution in [3.05, 3.63) is 106 Å². The minimum absolute atomic E-state index is 0.0556.